The number of alkyl halides is 2. The van der Waals surface area contributed by atoms with Gasteiger partial charge in [0.2, 0.25) is 17.6 Å². The summed E-state index contributed by atoms with van der Waals surface area (Å²) in [7, 11) is 1.36. The lowest BCUT2D eigenvalue weighted by atomic mass is 9.98. The second-order valence-corrected chi connectivity index (χ2v) is 7.95. The highest BCUT2D eigenvalue weighted by Crippen LogP contribution is 2.33. The average molecular weight is 474 g/mol. The van der Waals surface area contributed by atoms with Gasteiger partial charge in [-0.05, 0) is 29.7 Å². The van der Waals surface area contributed by atoms with Gasteiger partial charge in [0.25, 0.3) is 5.22 Å². The summed E-state index contributed by atoms with van der Waals surface area (Å²) in [5, 5.41) is 12.5. The van der Waals surface area contributed by atoms with Crippen molar-refractivity contribution in [3.63, 3.8) is 0 Å². The van der Waals surface area contributed by atoms with Crippen molar-refractivity contribution < 1.29 is 27.2 Å². The van der Waals surface area contributed by atoms with Crippen LogP contribution in [0.25, 0.3) is 11.4 Å². The van der Waals surface area contributed by atoms with Crippen molar-refractivity contribution in [2.24, 2.45) is 0 Å². The zero-order valence-electron chi connectivity index (χ0n) is 17.8. The Morgan fingerprint density at radius 1 is 1.03 bits per heavy atom. The summed E-state index contributed by atoms with van der Waals surface area (Å²) in [4.78, 5) is 4.32. The van der Waals surface area contributed by atoms with E-state index in [-0.39, 0.29) is 23.2 Å². The number of methoxy groups -OCH3 is 1. The second kappa shape index (κ2) is 10.4. The topological polar surface area (TPSA) is 96.3 Å². The Bertz CT molecular complexity index is 1190. The zero-order valence-corrected chi connectivity index (χ0v) is 18.6. The van der Waals surface area contributed by atoms with Gasteiger partial charge in [0.1, 0.15) is 0 Å². The summed E-state index contributed by atoms with van der Waals surface area (Å²) in [6, 6.07) is 14.5. The Kier molecular flexibility index (Phi) is 7.18. The first-order valence-electron chi connectivity index (χ1n) is 9.97. The van der Waals surface area contributed by atoms with Crippen molar-refractivity contribution in [1.82, 2.24) is 20.3 Å². The number of aromatic nitrogens is 4. The van der Waals surface area contributed by atoms with E-state index in [9.17, 15) is 8.78 Å². The molecule has 0 aliphatic carbocycles. The van der Waals surface area contributed by atoms with E-state index in [1.54, 1.807) is 6.07 Å². The van der Waals surface area contributed by atoms with Crippen LogP contribution in [-0.2, 0) is 12.2 Å². The van der Waals surface area contributed by atoms with E-state index in [0.717, 1.165) is 0 Å². The molecule has 0 aliphatic rings. The quantitative estimate of drug-likeness (QED) is 0.281. The number of nitrogens with zero attached hydrogens (tertiary/aromatic N) is 4. The fraction of sp³-hybridized carbons (Fsp3) is 0.273. The molecule has 0 fully saturated rings. The predicted octanol–water partition coefficient (Wildman–Crippen LogP) is 5.37. The first kappa shape index (κ1) is 22.7. The molecule has 0 amide bonds. The molecule has 11 heteroatoms. The van der Waals surface area contributed by atoms with Gasteiger partial charge >= 0.3 is 6.61 Å². The third-order valence-corrected chi connectivity index (χ3v) is 5.53. The third-order valence-electron chi connectivity index (χ3n) is 4.72. The summed E-state index contributed by atoms with van der Waals surface area (Å²) in [6.07, 6.45) is 0.634. The van der Waals surface area contributed by atoms with Gasteiger partial charge in [0.05, 0.1) is 12.9 Å². The molecule has 0 N–H and O–H groups in total. The van der Waals surface area contributed by atoms with Crippen molar-refractivity contribution in [2.75, 3.05) is 7.11 Å². The molecule has 0 radical (unpaired) electrons. The third kappa shape index (κ3) is 5.86. The maximum Gasteiger partial charge on any atom is 0.387 e. The number of benzene rings is 2. The monoisotopic (exact) mass is 474 g/mol. The molecular formula is C22H20F2N4O4S. The van der Waals surface area contributed by atoms with Gasteiger partial charge in [-0.3, -0.25) is 0 Å². The number of thioether (sulfide) groups is 1. The minimum Gasteiger partial charge on any atom is -0.493 e. The molecule has 8 nitrogen and oxygen atoms in total. The van der Waals surface area contributed by atoms with Crippen molar-refractivity contribution in [3.05, 3.63) is 65.9 Å². The Labute approximate surface area is 192 Å². The van der Waals surface area contributed by atoms with Crippen molar-refractivity contribution in [3.8, 4) is 22.9 Å². The van der Waals surface area contributed by atoms with E-state index in [1.807, 2.05) is 18.2 Å². The summed E-state index contributed by atoms with van der Waals surface area (Å²) < 4.78 is 45.5. The van der Waals surface area contributed by atoms with Gasteiger partial charge in [-0.15, -0.1) is 10.2 Å². The number of halogens is 2. The van der Waals surface area contributed by atoms with Crippen LogP contribution in [-0.4, -0.2) is 34.1 Å². The standard InChI is InChI=1S/C22H20F2N4O4S/c1-13(14-6-4-3-5-7-14)10-18-26-27-22(31-18)33-12-19-25-20(28-32-19)15-8-9-16(30-21(23)24)17(11-15)29-2/h3-9,11,13,21H,10,12H2,1-2H3. The lowest BCUT2D eigenvalue weighted by molar-refractivity contribution is -0.0512. The van der Waals surface area contributed by atoms with E-state index in [2.05, 4.69) is 44.1 Å². The number of rotatable bonds is 10. The molecule has 0 saturated carbocycles. The van der Waals surface area contributed by atoms with Gasteiger partial charge in [0, 0.05) is 12.0 Å². The lowest BCUT2D eigenvalue weighted by Crippen LogP contribution is -2.03. The zero-order chi connectivity index (χ0) is 23.2. The molecule has 1 unspecified atom stereocenters. The fourth-order valence-corrected chi connectivity index (χ4v) is 3.71. The molecule has 4 aromatic rings. The normalized spacial score (nSPS) is 12.2. The van der Waals surface area contributed by atoms with Gasteiger partial charge in [-0.25, -0.2) is 0 Å². The van der Waals surface area contributed by atoms with Crippen molar-refractivity contribution >= 4 is 11.8 Å². The van der Waals surface area contributed by atoms with Gasteiger partial charge in [0.15, 0.2) is 11.5 Å². The minimum atomic E-state index is -2.95. The van der Waals surface area contributed by atoms with Crippen molar-refractivity contribution in [1.29, 1.82) is 0 Å². The molecule has 2 aromatic carbocycles. The maximum atomic E-state index is 12.5. The molecule has 0 aliphatic heterocycles. The highest BCUT2D eigenvalue weighted by molar-refractivity contribution is 7.98. The van der Waals surface area contributed by atoms with Gasteiger partial charge < -0.3 is 18.4 Å². The van der Waals surface area contributed by atoms with Crippen molar-refractivity contribution in [2.45, 2.75) is 36.8 Å². The molecule has 0 bridgehead atoms. The molecule has 4 rings (SSSR count). The van der Waals surface area contributed by atoms with E-state index in [0.29, 0.717) is 34.7 Å². The van der Waals surface area contributed by atoms with Crippen LogP contribution in [0.5, 0.6) is 11.5 Å². The smallest absolute Gasteiger partial charge is 0.387 e. The Morgan fingerprint density at radius 3 is 2.61 bits per heavy atom. The second-order valence-electron chi connectivity index (χ2n) is 7.02. The molecular weight excluding hydrogens is 454 g/mol. The largest absolute Gasteiger partial charge is 0.493 e. The first-order valence-corrected chi connectivity index (χ1v) is 11.0. The summed E-state index contributed by atoms with van der Waals surface area (Å²) >= 11 is 1.28. The van der Waals surface area contributed by atoms with Crippen LogP contribution in [0.3, 0.4) is 0 Å². The molecule has 2 aromatic heterocycles. The van der Waals surface area contributed by atoms with E-state index >= 15 is 0 Å². The highest BCUT2D eigenvalue weighted by Gasteiger charge is 2.17. The maximum absolute atomic E-state index is 12.5. The van der Waals surface area contributed by atoms with Crippen LogP contribution in [0.15, 0.2) is 62.7 Å². The molecule has 2 heterocycles. The van der Waals surface area contributed by atoms with Crippen LogP contribution in [0.4, 0.5) is 8.78 Å². The van der Waals surface area contributed by atoms with E-state index in [1.165, 1.54) is 36.6 Å². The summed E-state index contributed by atoms with van der Waals surface area (Å²) in [5.41, 5.74) is 1.73. The molecule has 33 heavy (non-hydrogen) atoms. The SMILES string of the molecule is COc1cc(-c2noc(CSc3nnc(CC(C)c4ccccc4)o3)n2)ccc1OC(F)F. The first-order chi connectivity index (χ1) is 16.0. The van der Waals surface area contributed by atoms with Crippen LogP contribution >= 0.6 is 11.8 Å². The fourth-order valence-electron chi connectivity index (χ4n) is 3.09. The van der Waals surface area contributed by atoms with Crippen LogP contribution < -0.4 is 9.47 Å². The van der Waals surface area contributed by atoms with E-state index in [4.69, 9.17) is 13.7 Å². The summed E-state index contributed by atoms with van der Waals surface area (Å²) in [6.45, 7) is -0.849. The number of hydrogen-bond acceptors (Lipinski definition) is 9. The van der Waals surface area contributed by atoms with Crippen LogP contribution in [0, 0.1) is 0 Å². The minimum absolute atomic E-state index is 0.0793. The average Bonchev–Trinajstić information content (AvgIpc) is 3.48. The van der Waals surface area contributed by atoms with Gasteiger partial charge in [-0.2, -0.15) is 13.8 Å². The number of ether oxygens (including phenoxy) is 2. The predicted molar refractivity (Wildman–Crippen MR) is 115 cm³/mol. The van der Waals surface area contributed by atoms with Crippen LogP contribution in [0.2, 0.25) is 0 Å². The summed E-state index contributed by atoms with van der Waals surface area (Å²) in [5.74, 6) is 1.82. The molecule has 172 valence electrons. The van der Waals surface area contributed by atoms with Gasteiger partial charge in [-0.1, -0.05) is 54.2 Å². The molecule has 0 saturated heterocycles. The highest BCUT2D eigenvalue weighted by atomic mass is 32.2. The van der Waals surface area contributed by atoms with Crippen LogP contribution in [0.1, 0.15) is 30.2 Å². The number of hydrogen-bond donors (Lipinski definition) is 0. The Balaban J connectivity index is 1.36. The molecule has 0 spiro atoms. The molecule has 1 atom stereocenters. The lowest BCUT2D eigenvalue weighted by Gasteiger charge is -2.10. The Morgan fingerprint density at radius 2 is 1.85 bits per heavy atom. The Hall–Kier alpha value is -3.47. The van der Waals surface area contributed by atoms with E-state index < -0.39 is 6.61 Å².